The van der Waals surface area contributed by atoms with Crippen LogP contribution >= 0.6 is 11.3 Å². The average molecular weight is 570 g/mol. The number of sulfonamides is 1. The van der Waals surface area contributed by atoms with E-state index in [0.29, 0.717) is 23.0 Å². The fraction of sp³-hybridized carbons (Fsp3) is 0.286. The number of carbonyl (C=O) groups is 1. The highest BCUT2D eigenvalue weighted by Crippen LogP contribution is 2.33. The number of methoxy groups -OCH3 is 3. The van der Waals surface area contributed by atoms with Crippen LogP contribution in [0.15, 0.2) is 77.7 Å². The summed E-state index contributed by atoms with van der Waals surface area (Å²) in [4.78, 5) is 20.2. The van der Waals surface area contributed by atoms with Crippen LogP contribution in [0.25, 0.3) is 10.2 Å². The molecule has 4 rings (SSSR count). The van der Waals surface area contributed by atoms with Crippen LogP contribution in [-0.2, 0) is 26.0 Å². The molecule has 0 fully saturated rings. The number of anilines is 1. The van der Waals surface area contributed by atoms with Gasteiger partial charge in [0.1, 0.15) is 5.75 Å². The molecule has 1 heterocycles. The first-order valence-corrected chi connectivity index (χ1v) is 14.5. The maximum atomic E-state index is 13.8. The monoisotopic (exact) mass is 569 g/mol. The quantitative estimate of drug-likeness (QED) is 0.235. The van der Waals surface area contributed by atoms with E-state index in [4.69, 9.17) is 19.2 Å². The summed E-state index contributed by atoms with van der Waals surface area (Å²) in [6.07, 6.45) is 0. The van der Waals surface area contributed by atoms with Crippen molar-refractivity contribution in [3.05, 3.63) is 83.9 Å². The molecule has 0 unspecified atom stereocenters. The molecule has 0 atom stereocenters. The summed E-state index contributed by atoms with van der Waals surface area (Å²) in [6, 6.07) is 21.2. The van der Waals surface area contributed by atoms with Gasteiger partial charge in [-0.1, -0.05) is 41.7 Å². The molecule has 0 aliphatic rings. The third kappa shape index (κ3) is 6.81. The summed E-state index contributed by atoms with van der Waals surface area (Å²) in [6.45, 7) is 1.19. The molecule has 0 spiro atoms. The molecule has 11 heteroatoms. The predicted molar refractivity (Wildman–Crippen MR) is 152 cm³/mol. The van der Waals surface area contributed by atoms with E-state index in [-0.39, 0.29) is 37.1 Å². The number of nitrogens with zero attached hydrogens (tertiary/aromatic N) is 3. The average Bonchev–Trinajstić information content (AvgIpc) is 3.39. The van der Waals surface area contributed by atoms with E-state index >= 15 is 0 Å². The number of fused-ring (bicyclic) bond motifs is 1. The molecule has 0 aliphatic heterocycles. The highest BCUT2D eigenvalue weighted by molar-refractivity contribution is 7.89. The van der Waals surface area contributed by atoms with Crippen molar-refractivity contribution in [1.29, 1.82) is 0 Å². The summed E-state index contributed by atoms with van der Waals surface area (Å²) < 4.78 is 44.2. The van der Waals surface area contributed by atoms with Crippen molar-refractivity contribution < 1.29 is 27.4 Å². The molecule has 39 heavy (non-hydrogen) atoms. The Hall–Kier alpha value is -3.35. The molecule has 0 saturated heterocycles. The van der Waals surface area contributed by atoms with Crippen LogP contribution < -0.4 is 9.64 Å². The van der Waals surface area contributed by atoms with Crippen LogP contribution in [0.4, 0.5) is 5.13 Å². The largest absolute Gasteiger partial charge is 0.497 e. The van der Waals surface area contributed by atoms with E-state index in [1.54, 1.807) is 12.0 Å². The Kier molecular flexibility index (Phi) is 9.65. The Labute approximate surface area is 232 Å². The first-order valence-electron chi connectivity index (χ1n) is 12.3. The molecule has 1 amide bonds. The van der Waals surface area contributed by atoms with Gasteiger partial charge >= 0.3 is 0 Å². The van der Waals surface area contributed by atoms with Gasteiger partial charge in [0.05, 0.1) is 42.0 Å². The number of hydrogen-bond acceptors (Lipinski definition) is 8. The third-order valence-corrected chi connectivity index (χ3v) is 9.03. The number of hydrogen-bond donors (Lipinski definition) is 0. The van der Waals surface area contributed by atoms with Gasteiger partial charge in [-0.2, -0.15) is 4.31 Å². The second-order valence-electron chi connectivity index (χ2n) is 8.62. The molecule has 206 valence electrons. The van der Waals surface area contributed by atoms with Gasteiger partial charge < -0.3 is 14.2 Å². The van der Waals surface area contributed by atoms with Crippen molar-refractivity contribution >= 4 is 42.6 Å². The summed E-state index contributed by atoms with van der Waals surface area (Å²) >= 11 is 1.39. The Balaban J connectivity index is 1.65. The topological polar surface area (TPSA) is 98.3 Å². The summed E-state index contributed by atoms with van der Waals surface area (Å²) in [5.74, 6) is 0.421. The fourth-order valence-corrected chi connectivity index (χ4v) is 6.34. The summed E-state index contributed by atoms with van der Waals surface area (Å²) in [7, 11) is 0.834. The molecule has 0 aliphatic carbocycles. The van der Waals surface area contributed by atoms with Gasteiger partial charge in [-0.15, -0.1) is 0 Å². The van der Waals surface area contributed by atoms with Crippen molar-refractivity contribution in [2.75, 3.05) is 52.5 Å². The van der Waals surface area contributed by atoms with Crippen molar-refractivity contribution in [3.63, 3.8) is 0 Å². The lowest BCUT2D eigenvalue weighted by molar-refractivity contribution is 0.0985. The van der Waals surface area contributed by atoms with Gasteiger partial charge in [0, 0.05) is 32.9 Å². The number of benzene rings is 3. The van der Waals surface area contributed by atoms with Crippen molar-refractivity contribution in [1.82, 2.24) is 9.29 Å². The molecular weight excluding hydrogens is 538 g/mol. The van der Waals surface area contributed by atoms with Crippen LogP contribution in [0.3, 0.4) is 0 Å². The van der Waals surface area contributed by atoms with E-state index in [0.717, 1.165) is 15.8 Å². The van der Waals surface area contributed by atoms with E-state index in [2.05, 4.69) is 0 Å². The normalized spacial score (nSPS) is 11.7. The van der Waals surface area contributed by atoms with E-state index in [1.165, 1.54) is 54.1 Å². The number of amides is 1. The number of rotatable bonds is 13. The van der Waals surface area contributed by atoms with Crippen molar-refractivity contribution in [2.24, 2.45) is 0 Å². The Morgan fingerprint density at radius 1 is 0.897 bits per heavy atom. The van der Waals surface area contributed by atoms with E-state index in [9.17, 15) is 13.2 Å². The van der Waals surface area contributed by atoms with Gasteiger partial charge in [0.2, 0.25) is 10.0 Å². The zero-order chi connectivity index (χ0) is 27.8. The van der Waals surface area contributed by atoms with Gasteiger partial charge in [0.25, 0.3) is 5.91 Å². The van der Waals surface area contributed by atoms with Crippen LogP contribution in [0.5, 0.6) is 5.75 Å². The maximum absolute atomic E-state index is 13.8. The SMILES string of the molecule is COCCN(CCOC)S(=O)(=O)c1ccc(C(=O)N(Cc2ccccc2)c2nc3ccc(OC)cc3s2)cc1. The minimum absolute atomic E-state index is 0.0907. The zero-order valence-electron chi connectivity index (χ0n) is 22.1. The van der Waals surface area contributed by atoms with Gasteiger partial charge in [-0.25, -0.2) is 13.4 Å². The molecule has 1 aromatic heterocycles. The highest BCUT2D eigenvalue weighted by Gasteiger charge is 2.26. The lowest BCUT2D eigenvalue weighted by Crippen LogP contribution is -2.36. The Morgan fingerprint density at radius 2 is 1.56 bits per heavy atom. The lowest BCUT2D eigenvalue weighted by atomic mass is 10.1. The van der Waals surface area contributed by atoms with Crippen molar-refractivity contribution in [2.45, 2.75) is 11.4 Å². The van der Waals surface area contributed by atoms with Gasteiger partial charge in [-0.05, 0) is 48.0 Å². The molecular formula is C28H31N3O6S2. The fourth-order valence-electron chi connectivity index (χ4n) is 3.94. The summed E-state index contributed by atoms with van der Waals surface area (Å²) in [5, 5.41) is 0.536. The van der Waals surface area contributed by atoms with Gasteiger partial charge in [0.15, 0.2) is 5.13 Å². The maximum Gasteiger partial charge on any atom is 0.260 e. The minimum atomic E-state index is -3.81. The lowest BCUT2D eigenvalue weighted by Gasteiger charge is -2.22. The Morgan fingerprint density at radius 3 is 2.18 bits per heavy atom. The molecule has 4 aromatic rings. The Bertz CT molecular complexity index is 1480. The molecule has 0 N–H and O–H groups in total. The molecule has 9 nitrogen and oxygen atoms in total. The van der Waals surface area contributed by atoms with Crippen molar-refractivity contribution in [3.8, 4) is 5.75 Å². The summed E-state index contributed by atoms with van der Waals surface area (Å²) in [5.41, 5.74) is 2.05. The zero-order valence-corrected chi connectivity index (χ0v) is 23.7. The van der Waals surface area contributed by atoms with Crippen LogP contribution in [0, 0.1) is 0 Å². The minimum Gasteiger partial charge on any atom is -0.497 e. The molecule has 0 radical (unpaired) electrons. The number of ether oxygens (including phenoxy) is 3. The predicted octanol–water partition coefficient (Wildman–Crippen LogP) is 4.44. The second-order valence-corrected chi connectivity index (χ2v) is 11.6. The molecule has 0 bridgehead atoms. The van der Waals surface area contributed by atoms with E-state index in [1.807, 2.05) is 48.5 Å². The second kappa shape index (κ2) is 13.1. The van der Waals surface area contributed by atoms with Gasteiger partial charge in [-0.3, -0.25) is 9.69 Å². The molecule has 0 saturated carbocycles. The number of thiazole rings is 1. The first-order chi connectivity index (χ1) is 18.9. The smallest absolute Gasteiger partial charge is 0.260 e. The third-order valence-electron chi connectivity index (χ3n) is 6.07. The number of carbonyl (C=O) groups excluding carboxylic acids is 1. The standard InChI is InChI=1S/C28H31N3O6S2/c1-35-17-15-30(16-18-36-2)39(33,34)24-12-9-22(10-13-24)27(32)31(20-21-7-5-4-6-8-21)28-29-25-14-11-23(37-3)19-26(25)38-28/h4-14,19H,15-18,20H2,1-3H3. The van der Waals surface area contributed by atoms with Crippen LogP contribution in [0.2, 0.25) is 0 Å². The first kappa shape index (κ1) is 28.7. The molecule has 3 aromatic carbocycles. The van der Waals surface area contributed by atoms with Crippen LogP contribution in [0.1, 0.15) is 15.9 Å². The number of aromatic nitrogens is 1. The highest BCUT2D eigenvalue weighted by atomic mass is 32.2. The van der Waals surface area contributed by atoms with E-state index < -0.39 is 10.0 Å². The van der Waals surface area contributed by atoms with Crippen LogP contribution in [-0.4, -0.2) is 71.2 Å².